The van der Waals surface area contributed by atoms with Crippen LogP contribution in [0.1, 0.15) is 82.6 Å². The number of benzene rings is 1. The van der Waals surface area contributed by atoms with Gasteiger partial charge in [-0.1, -0.05) is 26.8 Å². The van der Waals surface area contributed by atoms with Gasteiger partial charge < -0.3 is 23.5 Å². The first-order chi connectivity index (χ1) is 17.0. The first-order valence-corrected chi connectivity index (χ1v) is 14.5. The lowest BCUT2D eigenvalue weighted by Crippen LogP contribution is -2.65. The maximum atomic E-state index is 13.2. The SMILES string of the molecule is C[C@@H](Sc1ccc([C@@H]2C[C@@H]2B2O[C@H]3C[C@H]4C[C@H](C4(C)C)[C@]3(C)O2)c2c1C(=O)OC(C)(C)O2)C1COC1. The fraction of sp³-hybridized carbons (Fsp3) is 0.750. The molecule has 36 heavy (non-hydrogen) atoms. The number of rotatable bonds is 5. The Labute approximate surface area is 218 Å². The van der Waals surface area contributed by atoms with Crippen molar-refractivity contribution in [2.24, 2.45) is 23.2 Å². The number of carbonyl (C=O) groups is 1. The summed E-state index contributed by atoms with van der Waals surface area (Å²) in [5.41, 5.74) is 1.80. The van der Waals surface area contributed by atoms with Crippen molar-refractivity contribution >= 4 is 24.8 Å². The predicted octanol–water partition coefficient (Wildman–Crippen LogP) is 5.68. The van der Waals surface area contributed by atoms with E-state index in [0.717, 1.165) is 42.4 Å². The van der Waals surface area contributed by atoms with Crippen molar-refractivity contribution in [3.63, 3.8) is 0 Å². The van der Waals surface area contributed by atoms with Crippen LogP contribution in [0.3, 0.4) is 0 Å². The van der Waals surface area contributed by atoms with Gasteiger partial charge in [-0.15, -0.1) is 11.8 Å². The third-order valence-corrected chi connectivity index (χ3v) is 11.6. The van der Waals surface area contributed by atoms with Gasteiger partial charge in [0.25, 0.3) is 0 Å². The highest BCUT2D eigenvalue weighted by Gasteiger charge is 2.70. The van der Waals surface area contributed by atoms with Crippen LogP contribution < -0.4 is 4.74 Å². The number of hydrogen-bond acceptors (Lipinski definition) is 7. The fourth-order valence-electron chi connectivity index (χ4n) is 7.59. The molecule has 0 unspecified atom stereocenters. The van der Waals surface area contributed by atoms with E-state index in [4.69, 9.17) is 23.5 Å². The minimum Gasteiger partial charge on any atom is -0.452 e. The van der Waals surface area contributed by atoms with E-state index in [9.17, 15) is 4.79 Å². The Morgan fingerprint density at radius 3 is 2.53 bits per heavy atom. The Kier molecular flexibility index (Phi) is 5.09. The first kappa shape index (κ1) is 23.9. The van der Waals surface area contributed by atoms with Gasteiger partial charge in [-0.05, 0) is 61.0 Å². The highest BCUT2D eigenvalue weighted by Crippen LogP contribution is 2.68. The summed E-state index contributed by atoms with van der Waals surface area (Å²) in [6.07, 6.45) is 3.53. The first-order valence-electron chi connectivity index (χ1n) is 13.6. The zero-order valence-electron chi connectivity index (χ0n) is 22.2. The largest absolute Gasteiger partial charge is 0.461 e. The Morgan fingerprint density at radius 1 is 1.06 bits per heavy atom. The average molecular weight is 512 g/mol. The summed E-state index contributed by atoms with van der Waals surface area (Å²) in [5.74, 6) is 1.75. The van der Waals surface area contributed by atoms with Crippen molar-refractivity contribution in [3.8, 4) is 5.75 Å². The lowest BCUT2D eigenvalue weighted by atomic mass is 9.43. The molecular formula is C28H37BO6S. The van der Waals surface area contributed by atoms with E-state index in [-0.39, 0.29) is 36.5 Å². The van der Waals surface area contributed by atoms with Gasteiger partial charge in [-0.3, -0.25) is 0 Å². The number of fused-ring (bicyclic) bond motifs is 1. The van der Waals surface area contributed by atoms with Gasteiger partial charge in [0.2, 0.25) is 5.79 Å². The monoisotopic (exact) mass is 512 g/mol. The molecule has 2 bridgehead atoms. The van der Waals surface area contributed by atoms with E-state index >= 15 is 0 Å². The average Bonchev–Trinajstić information content (AvgIpc) is 3.44. The summed E-state index contributed by atoms with van der Waals surface area (Å²) in [6, 6.07) is 4.25. The van der Waals surface area contributed by atoms with Crippen molar-refractivity contribution in [3.05, 3.63) is 23.3 Å². The molecule has 8 rings (SSSR count). The Hall–Kier alpha value is -1.22. The highest BCUT2D eigenvalue weighted by molar-refractivity contribution is 8.00. The molecule has 6 fully saturated rings. The molecule has 0 N–H and O–H groups in total. The number of esters is 1. The number of ether oxygens (including phenoxy) is 3. The number of thioether (sulfide) groups is 1. The molecule has 0 aromatic heterocycles. The Morgan fingerprint density at radius 2 is 1.83 bits per heavy atom. The second-order valence-corrected chi connectivity index (χ2v) is 14.6. The standard InChI is InChI=1S/C28H37BO6S/c1-14(15-12-31-13-15)36-20-8-7-17(24-23(20)25(30)33-27(4,5)32-24)18-11-19(18)29-34-22-10-16-9-21(26(16,2)3)28(22,6)35-29/h7-8,14-16,18-19,21-22H,9-13H2,1-6H3/t14-,16-,18+,19+,21-,22+,28+/m1/s1. The minimum atomic E-state index is -0.991. The van der Waals surface area contributed by atoms with Gasteiger partial charge in [-0.25, -0.2) is 4.79 Å². The summed E-state index contributed by atoms with van der Waals surface area (Å²) in [5, 5.41) is 0.352. The second-order valence-electron chi connectivity index (χ2n) is 13.2. The van der Waals surface area contributed by atoms with Crippen molar-refractivity contribution in [1.29, 1.82) is 0 Å². The summed E-state index contributed by atoms with van der Waals surface area (Å²) in [7, 11) is -0.188. The van der Waals surface area contributed by atoms with Gasteiger partial charge >= 0.3 is 13.1 Å². The van der Waals surface area contributed by atoms with Crippen LogP contribution >= 0.6 is 11.8 Å². The summed E-state index contributed by atoms with van der Waals surface area (Å²) >= 11 is 1.72. The molecule has 8 heteroatoms. The maximum Gasteiger partial charge on any atom is 0.461 e. The van der Waals surface area contributed by atoms with Gasteiger partial charge in [-0.2, -0.15) is 0 Å². The predicted molar refractivity (Wildman–Crippen MR) is 137 cm³/mol. The molecule has 0 amide bonds. The molecule has 4 saturated carbocycles. The summed E-state index contributed by atoms with van der Waals surface area (Å²) < 4.78 is 30.8. The van der Waals surface area contributed by atoms with Crippen LogP contribution in [0.25, 0.3) is 0 Å². The zero-order chi connectivity index (χ0) is 25.2. The molecule has 0 spiro atoms. The molecule has 7 atom stereocenters. The van der Waals surface area contributed by atoms with Gasteiger partial charge in [0, 0.05) is 35.7 Å². The molecule has 3 heterocycles. The third-order valence-electron chi connectivity index (χ3n) is 10.2. The molecular weight excluding hydrogens is 475 g/mol. The molecule has 1 aromatic rings. The minimum absolute atomic E-state index is 0.188. The zero-order valence-corrected chi connectivity index (χ0v) is 23.0. The highest BCUT2D eigenvalue weighted by atomic mass is 32.2. The Balaban J connectivity index is 1.15. The van der Waals surface area contributed by atoms with Gasteiger partial charge in [0.1, 0.15) is 11.3 Å². The summed E-state index contributed by atoms with van der Waals surface area (Å²) in [4.78, 5) is 14.1. The number of cyclic esters (lactones) is 1. The van der Waals surface area contributed by atoms with E-state index in [1.165, 1.54) is 6.42 Å². The third kappa shape index (κ3) is 3.39. The van der Waals surface area contributed by atoms with E-state index in [1.54, 1.807) is 25.6 Å². The number of hydrogen-bond donors (Lipinski definition) is 0. The van der Waals surface area contributed by atoms with Crippen LogP contribution in [0.5, 0.6) is 5.75 Å². The fourth-order valence-corrected chi connectivity index (χ4v) is 8.78. The lowest BCUT2D eigenvalue weighted by molar-refractivity contribution is -0.199. The van der Waals surface area contributed by atoms with Crippen molar-refractivity contribution in [2.75, 3.05) is 13.2 Å². The molecule has 3 aliphatic heterocycles. The normalized spacial score (nSPS) is 40.2. The van der Waals surface area contributed by atoms with Crippen LogP contribution in [0.15, 0.2) is 17.0 Å². The molecule has 6 nitrogen and oxygen atoms in total. The van der Waals surface area contributed by atoms with Crippen molar-refractivity contribution < 1.29 is 28.3 Å². The maximum absolute atomic E-state index is 13.2. The number of carbonyl (C=O) groups excluding carboxylic acids is 1. The van der Waals surface area contributed by atoms with Gasteiger partial charge in [0.05, 0.1) is 24.9 Å². The van der Waals surface area contributed by atoms with Crippen LogP contribution in [-0.2, 0) is 18.8 Å². The molecule has 0 radical (unpaired) electrons. The molecule has 194 valence electrons. The lowest BCUT2D eigenvalue weighted by Gasteiger charge is -2.64. The van der Waals surface area contributed by atoms with E-state index in [0.29, 0.717) is 33.8 Å². The van der Waals surface area contributed by atoms with Crippen molar-refractivity contribution in [1.82, 2.24) is 0 Å². The molecule has 2 saturated heterocycles. The van der Waals surface area contributed by atoms with E-state index in [2.05, 4.69) is 39.8 Å². The molecule has 7 aliphatic rings. The van der Waals surface area contributed by atoms with E-state index in [1.807, 2.05) is 0 Å². The molecule has 1 aromatic carbocycles. The van der Waals surface area contributed by atoms with Crippen LogP contribution in [0, 0.1) is 23.2 Å². The van der Waals surface area contributed by atoms with E-state index < -0.39 is 5.79 Å². The quantitative estimate of drug-likeness (QED) is 0.286. The topological polar surface area (TPSA) is 63.2 Å². The van der Waals surface area contributed by atoms with Crippen molar-refractivity contribution in [2.45, 2.75) is 100 Å². The smallest absolute Gasteiger partial charge is 0.452 e. The second kappa shape index (κ2) is 7.68. The summed E-state index contributed by atoms with van der Waals surface area (Å²) in [6.45, 7) is 14.4. The Bertz CT molecular complexity index is 1120. The molecule has 4 aliphatic carbocycles. The van der Waals surface area contributed by atoms with Gasteiger partial charge in [0.15, 0.2) is 0 Å². The van der Waals surface area contributed by atoms with Crippen LogP contribution in [0.4, 0.5) is 0 Å². The van der Waals surface area contributed by atoms with Crippen LogP contribution in [-0.4, -0.2) is 49.0 Å². The van der Waals surface area contributed by atoms with Crippen LogP contribution in [0.2, 0.25) is 5.82 Å².